The van der Waals surface area contributed by atoms with Crippen LogP contribution in [0.2, 0.25) is 0 Å². The molecule has 2 aromatic rings. The molecule has 1 fully saturated rings. The molecule has 2 heterocycles. The van der Waals surface area contributed by atoms with E-state index in [4.69, 9.17) is 0 Å². The molecule has 1 saturated heterocycles. The minimum Gasteiger partial charge on any atom is -0.358 e. The normalized spacial score (nSPS) is 20.2. The van der Waals surface area contributed by atoms with Crippen molar-refractivity contribution >= 4 is 26.8 Å². The van der Waals surface area contributed by atoms with Gasteiger partial charge in [-0.3, -0.25) is 0 Å². The van der Waals surface area contributed by atoms with Crippen LogP contribution < -0.4 is 5.32 Å². The minimum atomic E-state index is 0.659. The van der Waals surface area contributed by atoms with Gasteiger partial charge in [-0.05, 0) is 56.5 Å². The molecule has 3 heteroatoms. The van der Waals surface area contributed by atoms with E-state index >= 15 is 0 Å². The fourth-order valence-corrected chi connectivity index (χ4v) is 3.16. The van der Waals surface area contributed by atoms with Crippen molar-refractivity contribution < 1.29 is 0 Å². The Kier molecular flexibility index (Phi) is 2.97. The van der Waals surface area contributed by atoms with Crippen LogP contribution in [0.3, 0.4) is 0 Å². The van der Waals surface area contributed by atoms with Gasteiger partial charge in [0, 0.05) is 27.1 Å². The number of hydrogen-bond acceptors (Lipinski definition) is 1. The zero-order valence-electron chi connectivity index (χ0n) is 10.0. The molecule has 0 amide bonds. The molecular weight excluding hydrogens is 276 g/mol. The zero-order valence-corrected chi connectivity index (χ0v) is 11.6. The molecule has 90 valence electrons. The Morgan fingerprint density at radius 2 is 2.29 bits per heavy atom. The number of aromatic nitrogens is 1. The fraction of sp³-hybridized carbons (Fsp3) is 0.429. The fourth-order valence-electron chi connectivity index (χ4n) is 2.79. The molecule has 1 aromatic heterocycles. The van der Waals surface area contributed by atoms with Gasteiger partial charge < -0.3 is 10.3 Å². The van der Waals surface area contributed by atoms with Crippen molar-refractivity contribution in [1.29, 1.82) is 0 Å². The third kappa shape index (κ3) is 2.14. The summed E-state index contributed by atoms with van der Waals surface area (Å²) in [6, 6.07) is 7.13. The van der Waals surface area contributed by atoms with E-state index in [1.807, 2.05) is 0 Å². The Hall–Kier alpha value is -0.800. The van der Waals surface area contributed by atoms with E-state index in [1.54, 1.807) is 0 Å². The first-order chi connectivity index (χ1) is 8.24. The number of halogens is 1. The third-order valence-corrected chi connectivity index (χ3v) is 4.19. The largest absolute Gasteiger partial charge is 0.358 e. The van der Waals surface area contributed by atoms with E-state index in [0.717, 1.165) is 10.9 Å². The van der Waals surface area contributed by atoms with E-state index in [1.165, 1.54) is 41.5 Å². The first-order valence-electron chi connectivity index (χ1n) is 6.24. The van der Waals surface area contributed by atoms with E-state index in [-0.39, 0.29) is 0 Å². The molecule has 17 heavy (non-hydrogen) atoms. The molecule has 0 saturated carbocycles. The van der Waals surface area contributed by atoms with Crippen molar-refractivity contribution in [3.05, 3.63) is 33.9 Å². The van der Waals surface area contributed by atoms with Gasteiger partial charge in [0.1, 0.15) is 0 Å². The number of aryl methyl sites for hydroxylation is 1. The highest BCUT2D eigenvalue weighted by atomic mass is 79.9. The maximum absolute atomic E-state index is 3.58. The average Bonchev–Trinajstić information content (AvgIpc) is 2.90. The number of fused-ring (bicyclic) bond motifs is 1. The van der Waals surface area contributed by atoms with Crippen molar-refractivity contribution in [3.8, 4) is 0 Å². The van der Waals surface area contributed by atoms with Crippen LogP contribution in [0, 0.1) is 6.92 Å². The van der Waals surface area contributed by atoms with Gasteiger partial charge in [-0.1, -0.05) is 15.9 Å². The lowest BCUT2D eigenvalue weighted by Crippen LogP contribution is -2.23. The second kappa shape index (κ2) is 4.46. The van der Waals surface area contributed by atoms with Gasteiger partial charge in [-0.15, -0.1) is 0 Å². The van der Waals surface area contributed by atoms with Crippen LogP contribution in [0.25, 0.3) is 10.9 Å². The molecule has 0 aliphatic carbocycles. The van der Waals surface area contributed by atoms with Crippen molar-refractivity contribution in [1.82, 2.24) is 10.3 Å². The van der Waals surface area contributed by atoms with Gasteiger partial charge >= 0.3 is 0 Å². The summed E-state index contributed by atoms with van der Waals surface area (Å²) in [4.78, 5) is 3.48. The van der Waals surface area contributed by atoms with Gasteiger partial charge in [-0.2, -0.15) is 0 Å². The predicted molar refractivity (Wildman–Crippen MR) is 75.5 cm³/mol. The molecule has 0 spiro atoms. The zero-order chi connectivity index (χ0) is 11.8. The Balaban J connectivity index is 2.01. The third-order valence-electron chi connectivity index (χ3n) is 3.69. The first kappa shape index (κ1) is 11.3. The van der Waals surface area contributed by atoms with Crippen molar-refractivity contribution in [2.45, 2.75) is 32.2 Å². The highest BCUT2D eigenvalue weighted by molar-refractivity contribution is 9.10. The Bertz CT molecular complexity index is 538. The summed E-state index contributed by atoms with van der Waals surface area (Å²) in [6.07, 6.45) is 3.76. The second-order valence-electron chi connectivity index (χ2n) is 4.92. The van der Waals surface area contributed by atoms with Crippen LogP contribution >= 0.6 is 15.9 Å². The molecule has 1 atom stereocenters. The molecular formula is C14H17BrN2. The lowest BCUT2D eigenvalue weighted by molar-refractivity contribution is 0.603. The molecule has 2 N–H and O–H groups in total. The van der Waals surface area contributed by atoms with Crippen LogP contribution in [0.4, 0.5) is 0 Å². The maximum atomic E-state index is 3.58. The summed E-state index contributed by atoms with van der Waals surface area (Å²) >= 11 is 3.56. The van der Waals surface area contributed by atoms with Crippen LogP contribution in [0.15, 0.2) is 22.7 Å². The average molecular weight is 293 g/mol. The summed E-state index contributed by atoms with van der Waals surface area (Å²) in [6.45, 7) is 3.36. The topological polar surface area (TPSA) is 27.8 Å². The van der Waals surface area contributed by atoms with E-state index in [2.05, 4.69) is 51.4 Å². The number of hydrogen-bond donors (Lipinski definition) is 2. The van der Waals surface area contributed by atoms with Crippen molar-refractivity contribution in [2.24, 2.45) is 0 Å². The number of H-pyrrole nitrogens is 1. The predicted octanol–water partition coefficient (Wildman–Crippen LogP) is 3.53. The van der Waals surface area contributed by atoms with Gasteiger partial charge in [0.25, 0.3) is 0 Å². The summed E-state index contributed by atoms with van der Waals surface area (Å²) < 4.78 is 1.16. The van der Waals surface area contributed by atoms with Crippen LogP contribution in [-0.4, -0.2) is 17.6 Å². The molecule has 1 aromatic carbocycles. The number of nitrogens with one attached hydrogen (secondary N) is 2. The Morgan fingerprint density at radius 1 is 1.41 bits per heavy atom. The monoisotopic (exact) mass is 292 g/mol. The van der Waals surface area contributed by atoms with Crippen LogP contribution in [-0.2, 0) is 6.42 Å². The van der Waals surface area contributed by atoms with Gasteiger partial charge in [0.15, 0.2) is 0 Å². The van der Waals surface area contributed by atoms with E-state index in [0.29, 0.717) is 6.04 Å². The van der Waals surface area contributed by atoms with Crippen LogP contribution in [0.5, 0.6) is 0 Å². The molecule has 0 bridgehead atoms. The summed E-state index contributed by atoms with van der Waals surface area (Å²) in [5.41, 5.74) is 4.03. The number of aromatic amines is 1. The quantitative estimate of drug-likeness (QED) is 0.871. The summed E-state index contributed by atoms with van der Waals surface area (Å²) in [5.74, 6) is 0. The summed E-state index contributed by atoms with van der Waals surface area (Å²) in [5, 5.41) is 4.94. The molecule has 1 unspecified atom stereocenters. The Morgan fingerprint density at radius 3 is 3.06 bits per heavy atom. The lowest BCUT2D eigenvalue weighted by atomic mass is 10.0. The summed E-state index contributed by atoms with van der Waals surface area (Å²) in [7, 11) is 0. The molecule has 2 nitrogen and oxygen atoms in total. The molecule has 1 aliphatic heterocycles. The molecule has 0 radical (unpaired) electrons. The van der Waals surface area contributed by atoms with Crippen LogP contribution in [0.1, 0.15) is 24.1 Å². The number of rotatable bonds is 2. The van der Waals surface area contributed by atoms with Crippen molar-refractivity contribution in [2.75, 3.05) is 6.54 Å². The van der Waals surface area contributed by atoms with Gasteiger partial charge in [0.2, 0.25) is 0 Å². The number of benzene rings is 1. The highest BCUT2D eigenvalue weighted by Crippen LogP contribution is 2.27. The first-order valence-corrected chi connectivity index (χ1v) is 7.03. The highest BCUT2D eigenvalue weighted by Gasteiger charge is 2.18. The Labute approximate surface area is 110 Å². The maximum Gasteiger partial charge on any atom is 0.0459 e. The van der Waals surface area contributed by atoms with Gasteiger partial charge in [-0.25, -0.2) is 0 Å². The van der Waals surface area contributed by atoms with Gasteiger partial charge in [0.05, 0.1) is 0 Å². The van der Waals surface area contributed by atoms with E-state index in [9.17, 15) is 0 Å². The lowest BCUT2D eigenvalue weighted by Gasteiger charge is -2.10. The van der Waals surface area contributed by atoms with E-state index < -0.39 is 0 Å². The molecule has 3 rings (SSSR count). The van der Waals surface area contributed by atoms with Crippen molar-refractivity contribution in [3.63, 3.8) is 0 Å². The smallest absolute Gasteiger partial charge is 0.0459 e. The second-order valence-corrected chi connectivity index (χ2v) is 5.83. The standard InChI is InChI=1S/C14H17BrN2/c1-9-12(8-11-3-2-6-16-11)13-7-10(15)4-5-14(13)17-9/h4-5,7,11,16-17H,2-3,6,8H2,1H3. The minimum absolute atomic E-state index is 0.659. The molecule has 1 aliphatic rings. The SMILES string of the molecule is Cc1[nH]c2ccc(Br)cc2c1CC1CCCN1.